The quantitative estimate of drug-likeness (QED) is 0.404. The van der Waals surface area contributed by atoms with Crippen LogP contribution in [0, 0.1) is 0 Å². The molecule has 2 N–H and O–H groups in total. The van der Waals surface area contributed by atoms with Gasteiger partial charge in [0.25, 0.3) is 5.91 Å². The smallest absolute Gasteiger partial charge is 0.352 e. The molecule has 1 fully saturated rings. The van der Waals surface area contributed by atoms with Crippen molar-refractivity contribution in [3.8, 4) is 0 Å². The molecule has 0 bridgehead atoms. The molecular formula is C16H14N4O5S5. The van der Waals surface area contributed by atoms with Crippen molar-refractivity contribution in [2.75, 3.05) is 17.3 Å². The monoisotopic (exact) mass is 502 g/mol. The van der Waals surface area contributed by atoms with Gasteiger partial charge in [0.15, 0.2) is 4.34 Å². The Hall–Kier alpha value is -1.74. The van der Waals surface area contributed by atoms with Crippen molar-refractivity contribution >= 4 is 74.8 Å². The highest BCUT2D eigenvalue weighted by molar-refractivity contribution is 8.01. The third kappa shape index (κ3) is 4.32. The van der Waals surface area contributed by atoms with E-state index in [4.69, 9.17) is 0 Å². The number of amides is 2. The molecule has 2 aliphatic rings. The molecule has 4 rings (SSSR count). The largest absolute Gasteiger partial charge is 0.477 e. The molecule has 2 aromatic rings. The van der Waals surface area contributed by atoms with E-state index in [1.165, 1.54) is 51.1 Å². The first kappa shape index (κ1) is 21.5. The number of aromatic nitrogens is 2. The molecule has 14 heteroatoms. The van der Waals surface area contributed by atoms with Gasteiger partial charge in [0.2, 0.25) is 5.91 Å². The Kier molecular flexibility index (Phi) is 6.57. The molecule has 30 heavy (non-hydrogen) atoms. The summed E-state index contributed by atoms with van der Waals surface area (Å²) in [5.41, 5.74) is 2.19. The van der Waals surface area contributed by atoms with Gasteiger partial charge in [-0.1, -0.05) is 29.2 Å². The average Bonchev–Trinajstić information content (AvgIpc) is 3.43. The number of thiophene rings is 1. The molecule has 2 aromatic heterocycles. The normalized spacial score (nSPS) is 21.7. The van der Waals surface area contributed by atoms with Crippen LogP contribution in [0.5, 0.6) is 0 Å². The van der Waals surface area contributed by atoms with E-state index in [1.54, 1.807) is 23.0 Å². The summed E-state index contributed by atoms with van der Waals surface area (Å²) < 4.78 is 13.5. The van der Waals surface area contributed by atoms with Gasteiger partial charge in [-0.25, -0.2) is 4.79 Å². The molecule has 4 heterocycles. The minimum absolute atomic E-state index is 0.0339. The first-order valence-electron chi connectivity index (χ1n) is 8.46. The second-order valence-corrected chi connectivity index (χ2v) is 11.9. The van der Waals surface area contributed by atoms with Crippen LogP contribution in [0.3, 0.4) is 0 Å². The second-order valence-electron chi connectivity index (χ2n) is 6.13. The van der Waals surface area contributed by atoms with Crippen LogP contribution in [0.25, 0.3) is 0 Å². The van der Waals surface area contributed by atoms with E-state index >= 15 is 0 Å². The van der Waals surface area contributed by atoms with Crippen LogP contribution >= 0.6 is 46.2 Å². The van der Waals surface area contributed by atoms with Gasteiger partial charge in [-0.15, -0.1) is 33.3 Å². The second kappa shape index (κ2) is 9.18. The Bertz CT molecular complexity index is 1020. The number of carboxylic acid groups (broad SMARTS) is 1. The molecule has 0 aromatic carbocycles. The third-order valence-corrected chi connectivity index (χ3v) is 10.2. The summed E-state index contributed by atoms with van der Waals surface area (Å²) >= 11 is 5.43. The van der Waals surface area contributed by atoms with E-state index in [9.17, 15) is 23.7 Å². The lowest BCUT2D eigenvalue weighted by atomic mass is 10.0. The molecule has 2 amide bonds. The SMILES string of the molecule is O=C(CS(=O)c1cccs1)NC1C(=O)N2C(C(=O)O)=C(CSc3nncs3)CSC12. The Morgan fingerprint density at radius 3 is 2.90 bits per heavy atom. The lowest BCUT2D eigenvalue weighted by Crippen LogP contribution is -2.70. The number of carboxylic acids is 1. The average molecular weight is 503 g/mol. The number of nitrogens with one attached hydrogen (secondary N) is 1. The van der Waals surface area contributed by atoms with Gasteiger partial charge >= 0.3 is 5.97 Å². The zero-order chi connectivity index (χ0) is 21.3. The molecule has 3 atom stereocenters. The van der Waals surface area contributed by atoms with E-state index in [0.717, 1.165) is 4.34 Å². The lowest BCUT2D eigenvalue weighted by molar-refractivity contribution is -0.150. The van der Waals surface area contributed by atoms with E-state index in [0.29, 0.717) is 21.3 Å². The highest BCUT2D eigenvalue weighted by Crippen LogP contribution is 2.41. The van der Waals surface area contributed by atoms with Gasteiger partial charge < -0.3 is 10.4 Å². The highest BCUT2D eigenvalue weighted by atomic mass is 32.2. The number of aliphatic carboxylic acids is 1. The fourth-order valence-corrected chi connectivity index (χ4v) is 7.86. The maximum Gasteiger partial charge on any atom is 0.352 e. The molecule has 0 saturated carbocycles. The van der Waals surface area contributed by atoms with Crippen molar-refractivity contribution in [3.63, 3.8) is 0 Å². The summed E-state index contributed by atoms with van der Waals surface area (Å²) in [6.07, 6.45) is 0. The Labute approximate surface area is 189 Å². The topological polar surface area (TPSA) is 130 Å². The van der Waals surface area contributed by atoms with Gasteiger partial charge in [0.05, 0.1) is 15.0 Å². The fraction of sp³-hybridized carbons (Fsp3) is 0.312. The number of nitrogens with zero attached hydrogens (tertiary/aromatic N) is 3. The summed E-state index contributed by atoms with van der Waals surface area (Å²) in [7, 11) is -1.48. The maximum absolute atomic E-state index is 12.6. The molecule has 9 nitrogen and oxygen atoms in total. The molecule has 0 aliphatic carbocycles. The van der Waals surface area contributed by atoms with Gasteiger partial charge in [0.1, 0.15) is 28.4 Å². The molecular weight excluding hydrogens is 489 g/mol. The lowest BCUT2D eigenvalue weighted by Gasteiger charge is -2.49. The summed E-state index contributed by atoms with van der Waals surface area (Å²) in [5.74, 6) is -1.58. The molecule has 1 saturated heterocycles. The third-order valence-electron chi connectivity index (χ3n) is 4.26. The van der Waals surface area contributed by atoms with Crippen LogP contribution in [0.2, 0.25) is 0 Å². The number of carbonyl (C=O) groups is 3. The summed E-state index contributed by atoms with van der Waals surface area (Å²) in [6.45, 7) is 0. The van der Waals surface area contributed by atoms with Crippen molar-refractivity contribution in [1.29, 1.82) is 0 Å². The predicted octanol–water partition coefficient (Wildman–Crippen LogP) is 1.24. The molecule has 0 spiro atoms. The van der Waals surface area contributed by atoms with Crippen molar-refractivity contribution in [2.45, 2.75) is 20.0 Å². The van der Waals surface area contributed by atoms with Crippen LogP contribution in [0.4, 0.5) is 0 Å². The first-order valence-corrected chi connectivity index (χ1v) is 13.6. The number of β-lactam (4-membered cyclic amide) rings is 1. The molecule has 158 valence electrons. The Morgan fingerprint density at radius 1 is 1.40 bits per heavy atom. The number of hydrogen-bond acceptors (Lipinski definition) is 10. The summed E-state index contributed by atoms with van der Waals surface area (Å²) in [5, 5.41) is 21.2. The highest BCUT2D eigenvalue weighted by Gasteiger charge is 2.54. The summed E-state index contributed by atoms with van der Waals surface area (Å²) in [4.78, 5) is 38.0. The van der Waals surface area contributed by atoms with E-state index in [2.05, 4.69) is 15.5 Å². The fourth-order valence-electron chi connectivity index (χ4n) is 2.97. The van der Waals surface area contributed by atoms with Crippen molar-refractivity contribution in [3.05, 3.63) is 34.3 Å². The van der Waals surface area contributed by atoms with Crippen LogP contribution in [0.15, 0.2) is 42.8 Å². The minimum Gasteiger partial charge on any atom is -0.477 e. The molecule has 2 aliphatic heterocycles. The van der Waals surface area contributed by atoms with E-state index in [-0.39, 0.29) is 11.4 Å². The Balaban J connectivity index is 1.41. The summed E-state index contributed by atoms with van der Waals surface area (Å²) in [6, 6.07) is 2.61. The number of hydrogen-bond donors (Lipinski definition) is 2. The van der Waals surface area contributed by atoms with Crippen LogP contribution in [-0.2, 0) is 25.2 Å². The van der Waals surface area contributed by atoms with Gasteiger partial charge in [-0.2, -0.15) is 0 Å². The van der Waals surface area contributed by atoms with Gasteiger partial charge in [-0.05, 0) is 17.0 Å². The van der Waals surface area contributed by atoms with Crippen LogP contribution < -0.4 is 5.32 Å². The van der Waals surface area contributed by atoms with E-state index < -0.39 is 40.0 Å². The molecule has 3 unspecified atom stereocenters. The number of rotatable bonds is 8. The van der Waals surface area contributed by atoms with Crippen LogP contribution in [-0.4, -0.2) is 70.9 Å². The number of carbonyl (C=O) groups excluding carboxylic acids is 2. The number of fused-ring (bicyclic) bond motifs is 1. The zero-order valence-corrected chi connectivity index (χ0v) is 19.1. The van der Waals surface area contributed by atoms with E-state index in [1.807, 2.05) is 0 Å². The van der Waals surface area contributed by atoms with Crippen molar-refractivity contribution in [2.24, 2.45) is 0 Å². The van der Waals surface area contributed by atoms with Crippen molar-refractivity contribution < 1.29 is 23.7 Å². The van der Waals surface area contributed by atoms with Gasteiger partial charge in [-0.3, -0.25) is 18.7 Å². The van der Waals surface area contributed by atoms with Gasteiger partial charge in [0, 0.05) is 11.5 Å². The predicted molar refractivity (Wildman–Crippen MR) is 116 cm³/mol. The Morgan fingerprint density at radius 2 is 2.23 bits per heavy atom. The molecule has 0 radical (unpaired) electrons. The maximum atomic E-state index is 12.6. The standard InChI is InChI=1S/C16H14N4O5S5/c21-9(6-30(25)10-2-1-3-26-10)18-11-13(22)20-12(15(23)24)8(4-27-14(11)20)5-28-16-19-17-7-29-16/h1-3,7,11,14H,4-6H2,(H,18,21)(H,23,24). The number of thioether (sulfide) groups is 2. The van der Waals surface area contributed by atoms with Crippen molar-refractivity contribution in [1.82, 2.24) is 20.4 Å². The zero-order valence-electron chi connectivity index (χ0n) is 15.0. The van der Waals surface area contributed by atoms with Crippen LogP contribution in [0.1, 0.15) is 0 Å². The first-order chi connectivity index (χ1) is 14.5. The minimum atomic E-state index is -1.48.